The fraction of sp³-hybridized carbons (Fsp3) is 0.647. The van der Waals surface area contributed by atoms with Gasteiger partial charge in [0.15, 0.2) is 0 Å². The molecular formula is C17H23F3N2O. The van der Waals surface area contributed by atoms with Crippen LogP contribution in [0.2, 0.25) is 0 Å². The third-order valence-electron chi connectivity index (χ3n) is 4.61. The minimum atomic E-state index is -4.10. The van der Waals surface area contributed by atoms with Crippen LogP contribution in [0, 0.1) is 5.92 Å². The lowest BCUT2D eigenvalue weighted by molar-refractivity contribution is -0.143. The molecule has 3 nitrogen and oxygen atoms in total. The van der Waals surface area contributed by atoms with E-state index in [4.69, 9.17) is 4.74 Å². The molecule has 128 valence electrons. The Morgan fingerprint density at radius 1 is 1.22 bits per heavy atom. The SMILES string of the molecule is FC(F)(F)CN1CCC(CNC2CCCOc3ccccc32)C1. The Morgan fingerprint density at radius 2 is 2.04 bits per heavy atom. The van der Waals surface area contributed by atoms with Gasteiger partial charge in [-0.1, -0.05) is 18.2 Å². The topological polar surface area (TPSA) is 24.5 Å². The maximum absolute atomic E-state index is 12.5. The first-order valence-electron chi connectivity index (χ1n) is 8.25. The molecule has 0 radical (unpaired) electrons. The van der Waals surface area contributed by atoms with Crippen molar-refractivity contribution < 1.29 is 17.9 Å². The molecule has 23 heavy (non-hydrogen) atoms. The molecule has 2 unspecified atom stereocenters. The van der Waals surface area contributed by atoms with Gasteiger partial charge in [0.05, 0.1) is 13.2 Å². The van der Waals surface area contributed by atoms with Crippen LogP contribution in [0.5, 0.6) is 5.75 Å². The lowest BCUT2D eigenvalue weighted by Crippen LogP contribution is -2.34. The normalized spacial score (nSPS) is 25.7. The molecule has 0 saturated carbocycles. The number of likely N-dealkylation sites (tertiary alicyclic amines) is 1. The van der Waals surface area contributed by atoms with E-state index in [1.165, 1.54) is 4.90 Å². The average molecular weight is 328 g/mol. The summed E-state index contributed by atoms with van der Waals surface area (Å²) in [6, 6.07) is 8.25. The average Bonchev–Trinajstić information content (AvgIpc) is 2.81. The number of alkyl halides is 3. The summed E-state index contributed by atoms with van der Waals surface area (Å²) in [5.41, 5.74) is 1.16. The molecule has 0 aromatic heterocycles. The second-order valence-corrected chi connectivity index (χ2v) is 6.49. The van der Waals surface area contributed by atoms with Crippen LogP contribution in [0.1, 0.15) is 30.9 Å². The number of nitrogens with one attached hydrogen (secondary N) is 1. The lowest BCUT2D eigenvalue weighted by atomic mass is 10.0. The van der Waals surface area contributed by atoms with Crippen molar-refractivity contribution in [2.24, 2.45) is 5.92 Å². The zero-order chi connectivity index (χ0) is 16.3. The Hall–Kier alpha value is -1.27. The van der Waals surface area contributed by atoms with Gasteiger partial charge in [-0.15, -0.1) is 0 Å². The molecule has 0 amide bonds. The van der Waals surface area contributed by atoms with E-state index in [2.05, 4.69) is 11.4 Å². The fourth-order valence-corrected chi connectivity index (χ4v) is 3.52. The van der Waals surface area contributed by atoms with Gasteiger partial charge in [0.2, 0.25) is 0 Å². The van der Waals surface area contributed by atoms with Gasteiger partial charge in [0.1, 0.15) is 5.75 Å². The molecule has 6 heteroatoms. The number of benzene rings is 1. The molecule has 1 fully saturated rings. The van der Waals surface area contributed by atoms with Crippen molar-refractivity contribution in [3.8, 4) is 5.75 Å². The molecule has 0 bridgehead atoms. The van der Waals surface area contributed by atoms with Crippen LogP contribution in [-0.4, -0.2) is 43.9 Å². The first-order chi connectivity index (χ1) is 11.0. The Labute approximate surface area is 134 Å². The molecule has 2 atom stereocenters. The van der Waals surface area contributed by atoms with E-state index in [9.17, 15) is 13.2 Å². The van der Waals surface area contributed by atoms with Crippen molar-refractivity contribution >= 4 is 0 Å². The highest BCUT2D eigenvalue weighted by atomic mass is 19.4. The number of rotatable bonds is 4. The fourth-order valence-electron chi connectivity index (χ4n) is 3.52. The number of nitrogens with zero attached hydrogens (tertiary/aromatic N) is 1. The number of halogens is 3. The molecule has 3 rings (SSSR count). The molecule has 1 aromatic rings. The Morgan fingerprint density at radius 3 is 2.87 bits per heavy atom. The first-order valence-corrected chi connectivity index (χ1v) is 8.25. The van der Waals surface area contributed by atoms with Crippen molar-refractivity contribution in [2.75, 3.05) is 32.8 Å². The van der Waals surface area contributed by atoms with Crippen molar-refractivity contribution in [3.05, 3.63) is 29.8 Å². The number of hydrogen-bond donors (Lipinski definition) is 1. The molecule has 1 N–H and O–H groups in total. The quantitative estimate of drug-likeness (QED) is 0.917. The number of ether oxygens (including phenoxy) is 1. The zero-order valence-electron chi connectivity index (χ0n) is 13.1. The minimum Gasteiger partial charge on any atom is -0.493 e. The Kier molecular flexibility index (Phi) is 5.11. The predicted octanol–water partition coefficient (Wildman–Crippen LogP) is 3.37. The maximum atomic E-state index is 12.5. The van der Waals surface area contributed by atoms with E-state index >= 15 is 0 Å². The monoisotopic (exact) mass is 328 g/mol. The summed E-state index contributed by atoms with van der Waals surface area (Å²) < 4.78 is 43.1. The number of para-hydroxylation sites is 1. The largest absolute Gasteiger partial charge is 0.493 e. The predicted molar refractivity (Wildman–Crippen MR) is 82.5 cm³/mol. The highest BCUT2D eigenvalue weighted by Crippen LogP contribution is 2.31. The summed E-state index contributed by atoms with van der Waals surface area (Å²) in [6.45, 7) is 1.75. The van der Waals surface area contributed by atoms with Gasteiger partial charge >= 0.3 is 6.18 Å². The summed E-state index contributed by atoms with van der Waals surface area (Å²) in [5.74, 6) is 1.21. The van der Waals surface area contributed by atoms with E-state index in [-0.39, 0.29) is 12.0 Å². The van der Waals surface area contributed by atoms with Gasteiger partial charge in [-0.3, -0.25) is 4.90 Å². The van der Waals surface area contributed by atoms with E-state index < -0.39 is 12.7 Å². The van der Waals surface area contributed by atoms with E-state index in [0.29, 0.717) is 13.1 Å². The summed E-state index contributed by atoms with van der Waals surface area (Å²) in [5, 5.41) is 3.56. The molecule has 2 aliphatic rings. The number of hydrogen-bond acceptors (Lipinski definition) is 3. The zero-order valence-corrected chi connectivity index (χ0v) is 13.1. The first kappa shape index (κ1) is 16.6. The second-order valence-electron chi connectivity index (χ2n) is 6.49. The lowest BCUT2D eigenvalue weighted by Gasteiger charge is -2.21. The molecule has 0 spiro atoms. The Balaban J connectivity index is 1.53. The van der Waals surface area contributed by atoms with Crippen molar-refractivity contribution in [1.82, 2.24) is 10.2 Å². The van der Waals surface area contributed by atoms with Crippen LogP contribution in [0.25, 0.3) is 0 Å². The summed E-state index contributed by atoms with van der Waals surface area (Å²) in [7, 11) is 0. The molecule has 2 aliphatic heterocycles. The molecule has 0 aliphatic carbocycles. The summed E-state index contributed by atoms with van der Waals surface area (Å²) in [6.07, 6.45) is -1.29. The standard InChI is InChI=1S/C17H23F3N2O/c18-17(19,20)12-22-8-7-13(11-22)10-21-15-5-3-9-23-16-6-2-1-4-14(15)16/h1-2,4,6,13,15,21H,3,5,7-12H2. The van der Waals surface area contributed by atoms with E-state index in [1.807, 2.05) is 18.2 Å². The highest BCUT2D eigenvalue weighted by Gasteiger charge is 2.34. The van der Waals surface area contributed by atoms with Crippen molar-refractivity contribution in [1.29, 1.82) is 0 Å². The number of fused-ring (bicyclic) bond motifs is 1. The second kappa shape index (κ2) is 7.09. The smallest absolute Gasteiger partial charge is 0.401 e. The van der Waals surface area contributed by atoms with E-state index in [1.54, 1.807) is 0 Å². The van der Waals surface area contributed by atoms with Crippen LogP contribution >= 0.6 is 0 Å². The van der Waals surface area contributed by atoms with Gasteiger partial charge in [-0.2, -0.15) is 13.2 Å². The molecular weight excluding hydrogens is 305 g/mol. The van der Waals surface area contributed by atoms with Gasteiger partial charge in [0.25, 0.3) is 0 Å². The minimum absolute atomic E-state index is 0.227. The molecule has 2 heterocycles. The molecule has 1 saturated heterocycles. The van der Waals surface area contributed by atoms with Crippen molar-refractivity contribution in [2.45, 2.75) is 31.5 Å². The summed E-state index contributed by atoms with van der Waals surface area (Å²) in [4.78, 5) is 1.51. The van der Waals surface area contributed by atoms with Crippen LogP contribution in [0.4, 0.5) is 13.2 Å². The van der Waals surface area contributed by atoms with Crippen LogP contribution < -0.4 is 10.1 Å². The highest BCUT2D eigenvalue weighted by molar-refractivity contribution is 5.36. The van der Waals surface area contributed by atoms with Gasteiger partial charge in [0, 0.05) is 18.2 Å². The maximum Gasteiger partial charge on any atom is 0.401 e. The van der Waals surface area contributed by atoms with Crippen LogP contribution in [0.15, 0.2) is 24.3 Å². The summed E-state index contributed by atoms with van der Waals surface area (Å²) >= 11 is 0. The van der Waals surface area contributed by atoms with E-state index in [0.717, 1.165) is 43.7 Å². The van der Waals surface area contributed by atoms with Gasteiger partial charge < -0.3 is 10.1 Å². The third kappa shape index (κ3) is 4.61. The van der Waals surface area contributed by atoms with Crippen molar-refractivity contribution in [3.63, 3.8) is 0 Å². The van der Waals surface area contributed by atoms with Gasteiger partial charge in [-0.25, -0.2) is 0 Å². The van der Waals surface area contributed by atoms with Crippen LogP contribution in [0.3, 0.4) is 0 Å². The molecule has 1 aromatic carbocycles. The third-order valence-corrected chi connectivity index (χ3v) is 4.61. The Bertz CT molecular complexity index is 521. The van der Waals surface area contributed by atoms with Crippen LogP contribution in [-0.2, 0) is 0 Å². The van der Waals surface area contributed by atoms with Gasteiger partial charge in [-0.05, 0) is 44.3 Å².